The molecule has 0 saturated carbocycles. The lowest BCUT2D eigenvalue weighted by molar-refractivity contribution is -0.127. The van der Waals surface area contributed by atoms with Gasteiger partial charge in [0.2, 0.25) is 5.91 Å². The molecule has 0 spiro atoms. The molecule has 1 saturated heterocycles. The Balaban J connectivity index is 2.50. The van der Waals surface area contributed by atoms with E-state index in [-0.39, 0.29) is 5.91 Å². The molecule has 3 nitrogen and oxygen atoms in total. The van der Waals surface area contributed by atoms with Gasteiger partial charge in [-0.25, -0.2) is 0 Å². The lowest BCUT2D eigenvalue weighted by atomic mass is 10.1. The van der Waals surface area contributed by atoms with Crippen molar-refractivity contribution in [3.63, 3.8) is 0 Å². The standard InChI is InChI=1S/C11H20N2O/c1-9(2)7-11(14)13(3)10-5-4-6-12-8-10/h7,10,12H,4-6,8H2,1-3H3. The molecule has 1 aliphatic heterocycles. The average molecular weight is 196 g/mol. The number of carbonyl (C=O) groups is 1. The van der Waals surface area contributed by atoms with Crippen LogP contribution in [0.1, 0.15) is 26.7 Å². The first-order chi connectivity index (χ1) is 6.61. The lowest BCUT2D eigenvalue weighted by Gasteiger charge is -2.31. The van der Waals surface area contributed by atoms with E-state index in [1.54, 1.807) is 6.08 Å². The highest BCUT2D eigenvalue weighted by molar-refractivity contribution is 5.88. The number of likely N-dealkylation sites (N-methyl/N-ethyl adjacent to an activating group) is 1. The number of nitrogens with one attached hydrogen (secondary N) is 1. The molecule has 1 N–H and O–H groups in total. The predicted octanol–water partition coefficient (Wildman–Crippen LogP) is 1.16. The van der Waals surface area contributed by atoms with Crippen LogP contribution in [-0.4, -0.2) is 37.0 Å². The quantitative estimate of drug-likeness (QED) is 0.672. The molecule has 0 aromatic heterocycles. The van der Waals surface area contributed by atoms with Crippen LogP contribution in [0, 0.1) is 0 Å². The Morgan fingerprint density at radius 3 is 2.71 bits per heavy atom. The Morgan fingerprint density at radius 2 is 2.21 bits per heavy atom. The van der Waals surface area contributed by atoms with Gasteiger partial charge in [0, 0.05) is 25.7 Å². The summed E-state index contributed by atoms with van der Waals surface area (Å²) in [6, 6.07) is 0.367. The zero-order chi connectivity index (χ0) is 10.6. The maximum Gasteiger partial charge on any atom is 0.246 e. The molecule has 0 aromatic carbocycles. The van der Waals surface area contributed by atoms with Gasteiger partial charge in [-0.3, -0.25) is 4.79 Å². The third-order valence-electron chi connectivity index (χ3n) is 2.58. The zero-order valence-electron chi connectivity index (χ0n) is 9.34. The van der Waals surface area contributed by atoms with E-state index in [1.165, 1.54) is 0 Å². The first-order valence-corrected chi connectivity index (χ1v) is 5.23. The molecule has 0 bridgehead atoms. The maximum atomic E-state index is 11.7. The van der Waals surface area contributed by atoms with Gasteiger partial charge in [0.1, 0.15) is 0 Å². The molecular weight excluding hydrogens is 176 g/mol. The smallest absolute Gasteiger partial charge is 0.246 e. The number of hydrogen-bond acceptors (Lipinski definition) is 2. The van der Waals surface area contributed by atoms with E-state index in [9.17, 15) is 4.79 Å². The topological polar surface area (TPSA) is 32.3 Å². The molecule has 14 heavy (non-hydrogen) atoms. The Labute approximate surface area is 86.2 Å². The molecule has 1 rings (SSSR count). The minimum atomic E-state index is 0.124. The van der Waals surface area contributed by atoms with Crippen molar-refractivity contribution in [1.82, 2.24) is 10.2 Å². The number of hydrogen-bond donors (Lipinski definition) is 1. The fourth-order valence-electron chi connectivity index (χ4n) is 1.69. The molecule has 1 unspecified atom stereocenters. The second-order valence-corrected chi connectivity index (χ2v) is 4.17. The predicted molar refractivity (Wildman–Crippen MR) is 58.1 cm³/mol. The highest BCUT2D eigenvalue weighted by atomic mass is 16.2. The first kappa shape index (κ1) is 11.2. The molecular formula is C11H20N2O. The number of amides is 1. The van der Waals surface area contributed by atoms with Gasteiger partial charge in [-0.2, -0.15) is 0 Å². The Hall–Kier alpha value is -0.830. The monoisotopic (exact) mass is 196 g/mol. The SMILES string of the molecule is CC(C)=CC(=O)N(C)C1CCCNC1. The second kappa shape index (κ2) is 5.15. The number of carbonyl (C=O) groups excluding carboxylic acids is 1. The van der Waals surface area contributed by atoms with Crippen LogP contribution in [0.15, 0.2) is 11.6 Å². The van der Waals surface area contributed by atoms with Crippen LogP contribution in [0.5, 0.6) is 0 Å². The van der Waals surface area contributed by atoms with Crippen LogP contribution in [0.3, 0.4) is 0 Å². The molecule has 0 aromatic rings. The summed E-state index contributed by atoms with van der Waals surface area (Å²) in [6.07, 6.45) is 3.98. The summed E-state index contributed by atoms with van der Waals surface area (Å²) in [5.74, 6) is 0.124. The minimum absolute atomic E-state index is 0.124. The van der Waals surface area contributed by atoms with E-state index in [2.05, 4.69) is 5.32 Å². The van der Waals surface area contributed by atoms with E-state index in [0.717, 1.165) is 31.5 Å². The van der Waals surface area contributed by atoms with Crippen molar-refractivity contribution >= 4 is 5.91 Å². The molecule has 1 aliphatic rings. The van der Waals surface area contributed by atoms with Crippen LogP contribution in [-0.2, 0) is 4.79 Å². The van der Waals surface area contributed by atoms with Crippen LogP contribution < -0.4 is 5.32 Å². The maximum absolute atomic E-state index is 11.7. The Morgan fingerprint density at radius 1 is 1.50 bits per heavy atom. The average Bonchev–Trinajstić information content (AvgIpc) is 2.17. The first-order valence-electron chi connectivity index (χ1n) is 5.23. The second-order valence-electron chi connectivity index (χ2n) is 4.17. The van der Waals surface area contributed by atoms with E-state index >= 15 is 0 Å². The lowest BCUT2D eigenvalue weighted by Crippen LogP contribution is -2.46. The third-order valence-corrected chi connectivity index (χ3v) is 2.58. The van der Waals surface area contributed by atoms with Gasteiger partial charge >= 0.3 is 0 Å². The van der Waals surface area contributed by atoms with E-state index in [4.69, 9.17) is 0 Å². The van der Waals surface area contributed by atoms with E-state index < -0.39 is 0 Å². The molecule has 1 atom stereocenters. The van der Waals surface area contributed by atoms with Crippen molar-refractivity contribution in [1.29, 1.82) is 0 Å². The van der Waals surface area contributed by atoms with Crippen molar-refractivity contribution in [3.8, 4) is 0 Å². The largest absolute Gasteiger partial charge is 0.338 e. The number of allylic oxidation sites excluding steroid dienone is 1. The summed E-state index contributed by atoms with van der Waals surface area (Å²) < 4.78 is 0. The van der Waals surface area contributed by atoms with Crippen LogP contribution in [0.2, 0.25) is 0 Å². The van der Waals surface area contributed by atoms with Gasteiger partial charge in [0.15, 0.2) is 0 Å². The molecule has 0 aliphatic carbocycles. The molecule has 0 radical (unpaired) electrons. The fourth-order valence-corrected chi connectivity index (χ4v) is 1.69. The van der Waals surface area contributed by atoms with Gasteiger partial charge in [-0.15, -0.1) is 0 Å². The zero-order valence-corrected chi connectivity index (χ0v) is 9.34. The summed E-state index contributed by atoms with van der Waals surface area (Å²) in [5.41, 5.74) is 1.06. The summed E-state index contributed by atoms with van der Waals surface area (Å²) in [7, 11) is 1.89. The van der Waals surface area contributed by atoms with Crippen molar-refractivity contribution in [3.05, 3.63) is 11.6 Å². The van der Waals surface area contributed by atoms with Crippen LogP contribution in [0.25, 0.3) is 0 Å². The van der Waals surface area contributed by atoms with Crippen molar-refractivity contribution in [2.45, 2.75) is 32.7 Å². The van der Waals surface area contributed by atoms with Crippen molar-refractivity contribution in [2.24, 2.45) is 0 Å². The summed E-state index contributed by atoms with van der Waals surface area (Å²) in [6.45, 7) is 5.91. The fraction of sp³-hybridized carbons (Fsp3) is 0.727. The number of rotatable bonds is 2. The van der Waals surface area contributed by atoms with Crippen LogP contribution in [0.4, 0.5) is 0 Å². The number of piperidine rings is 1. The van der Waals surface area contributed by atoms with E-state index in [0.29, 0.717) is 6.04 Å². The summed E-state index contributed by atoms with van der Waals surface area (Å²) in [5, 5.41) is 3.31. The van der Waals surface area contributed by atoms with Gasteiger partial charge in [-0.1, -0.05) is 5.57 Å². The highest BCUT2D eigenvalue weighted by Crippen LogP contribution is 2.09. The van der Waals surface area contributed by atoms with Gasteiger partial charge in [0.25, 0.3) is 0 Å². The van der Waals surface area contributed by atoms with Crippen molar-refractivity contribution in [2.75, 3.05) is 20.1 Å². The van der Waals surface area contributed by atoms with Gasteiger partial charge in [0.05, 0.1) is 0 Å². The molecule has 3 heteroatoms. The molecule has 1 heterocycles. The minimum Gasteiger partial charge on any atom is -0.338 e. The van der Waals surface area contributed by atoms with Crippen LogP contribution >= 0.6 is 0 Å². The Kier molecular flexibility index (Phi) is 4.14. The molecule has 1 amide bonds. The van der Waals surface area contributed by atoms with Gasteiger partial charge < -0.3 is 10.2 Å². The summed E-state index contributed by atoms with van der Waals surface area (Å²) in [4.78, 5) is 13.5. The number of nitrogens with zero attached hydrogens (tertiary/aromatic N) is 1. The summed E-state index contributed by atoms with van der Waals surface area (Å²) >= 11 is 0. The Bertz CT molecular complexity index is 225. The highest BCUT2D eigenvalue weighted by Gasteiger charge is 2.20. The van der Waals surface area contributed by atoms with Gasteiger partial charge in [-0.05, 0) is 33.2 Å². The third kappa shape index (κ3) is 3.14. The van der Waals surface area contributed by atoms with E-state index in [1.807, 2.05) is 25.8 Å². The normalized spacial score (nSPS) is 21.5. The van der Waals surface area contributed by atoms with Crippen molar-refractivity contribution < 1.29 is 4.79 Å². The molecule has 1 fully saturated rings. The molecule has 80 valence electrons.